The topological polar surface area (TPSA) is 86.4 Å². The number of anilines is 2. The number of urea groups is 1. The Bertz CT molecular complexity index is 923. The molecule has 1 saturated carbocycles. The van der Waals surface area contributed by atoms with E-state index >= 15 is 0 Å². The second-order valence-corrected chi connectivity index (χ2v) is 9.33. The molecule has 2 aromatic rings. The highest BCUT2D eigenvalue weighted by Crippen LogP contribution is 2.24. The van der Waals surface area contributed by atoms with Gasteiger partial charge in [-0.2, -0.15) is 0 Å². The first-order valence-electron chi connectivity index (χ1n) is 12.2. The third-order valence-electron chi connectivity index (χ3n) is 6.65. The van der Waals surface area contributed by atoms with E-state index in [-0.39, 0.29) is 17.9 Å². The highest BCUT2D eigenvalue weighted by atomic mass is 16.2. The first-order valence-corrected chi connectivity index (χ1v) is 12.2. The van der Waals surface area contributed by atoms with E-state index in [0.717, 1.165) is 43.6 Å². The molecular weight excluding hydrogens is 414 g/mol. The van der Waals surface area contributed by atoms with Crippen molar-refractivity contribution >= 4 is 23.4 Å². The van der Waals surface area contributed by atoms with E-state index in [9.17, 15) is 9.59 Å². The number of hydrogen-bond acceptors (Lipinski definition) is 4. The van der Waals surface area contributed by atoms with Gasteiger partial charge in [0.2, 0.25) is 5.91 Å². The van der Waals surface area contributed by atoms with E-state index in [2.05, 4.69) is 25.8 Å². The number of amides is 3. The Kier molecular flexibility index (Phi) is 7.81. The molecule has 3 N–H and O–H groups in total. The van der Waals surface area contributed by atoms with Crippen molar-refractivity contribution in [1.29, 1.82) is 0 Å². The smallest absolute Gasteiger partial charge is 0.319 e. The van der Waals surface area contributed by atoms with Crippen molar-refractivity contribution in [2.45, 2.75) is 64.5 Å². The number of benzene rings is 1. The lowest BCUT2D eigenvalue weighted by atomic mass is 9.93. The molecule has 1 saturated heterocycles. The zero-order valence-corrected chi connectivity index (χ0v) is 19.5. The normalized spacial score (nSPS) is 19.1. The fourth-order valence-electron chi connectivity index (χ4n) is 4.68. The number of rotatable bonds is 6. The van der Waals surface area contributed by atoms with E-state index < -0.39 is 0 Å². The van der Waals surface area contributed by atoms with Crippen LogP contribution >= 0.6 is 0 Å². The number of nitrogens with zero attached hydrogens (tertiary/aromatic N) is 2. The second kappa shape index (κ2) is 11.2. The maximum Gasteiger partial charge on any atom is 0.319 e. The molecule has 1 aliphatic carbocycles. The fourth-order valence-corrected chi connectivity index (χ4v) is 4.68. The van der Waals surface area contributed by atoms with Crippen LogP contribution in [0.3, 0.4) is 0 Å². The molecule has 1 atom stereocenters. The Morgan fingerprint density at radius 1 is 1.00 bits per heavy atom. The molecule has 0 bridgehead atoms. The standard InChI is InChI=1S/C26H35N5O2/c1-19-9-11-20(12-10-19)16-28-26(33)30-23-13-14-24(27-17-23)31-15-5-6-21(18-31)25(32)29-22-7-3-2-4-8-22/h9-14,17,21-22H,2-8,15-16,18H2,1H3,(H,29,32)(H2,28,30,33)/t21-/m0/s1. The molecule has 2 heterocycles. The molecule has 4 rings (SSSR count). The van der Waals surface area contributed by atoms with Crippen molar-refractivity contribution in [3.8, 4) is 0 Å². The van der Waals surface area contributed by atoms with Gasteiger partial charge in [0.05, 0.1) is 17.8 Å². The molecule has 3 amide bonds. The predicted molar refractivity (Wildman–Crippen MR) is 131 cm³/mol. The minimum atomic E-state index is -0.262. The van der Waals surface area contributed by atoms with Gasteiger partial charge in [0.15, 0.2) is 0 Å². The molecule has 0 spiro atoms. The van der Waals surface area contributed by atoms with Crippen LogP contribution in [0.4, 0.5) is 16.3 Å². The summed E-state index contributed by atoms with van der Waals surface area (Å²) >= 11 is 0. The summed E-state index contributed by atoms with van der Waals surface area (Å²) in [5.74, 6) is 1.04. The van der Waals surface area contributed by atoms with Gasteiger partial charge < -0.3 is 20.9 Å². The summed E-state index contributed by atoms with van der Waals surface area (Å²) in [5.41, 5.74) is 2.89. The average molecular weight is 450 g/mol. The third kappa shape index (κ3) is 6.70. The van der Waals surface area contributed by atoms with Gasteiger partial charge in [-0.1, -0.05) is 49.1 Å². The highest BCUT2D eigenvalue weighted by molar-refractivity contribution is 5.89. The molecule has 2 aliphatic rings. The van der Waals surface area contributed by atoms with Crippen LogP contribution in [0.25, 0.3) is 0 Å². The maximum atomic E-state index is 12.8. The molecule has 7 heteroatoms. The number of piperidine rings is 1. The zero-order valence-electron chi connectivity index (χ0n) is 19.5. The summed E-state index contributed by atoms with van der Waals surface area (Å²) in [6, 6.07) is 11.9. The summed E-state index contributed by atoms with van der Waals surface area (Å²) in [4.78, 5) is 31.7. The predicted octanol–water partition coefficient (Wildman–Crippen LogP) is 4.38. The van der Waals surface area contributed by atoms with Crippen molar-refractivity contribution in [1.82, 2.24) is 15.6 Å². The Hall–Kier alpha value is -3.09. The zero-order chi connectivity index (χ0) is 23.0. The average Bonchev–Trinajstić information content (AvgIpc) is 2.85. The number of aromatic nitrogens is 1. The number of hydrogen-bond donors (Lipinski definition) is 3. The fraction of sp³-hybridized carbons (Fsp3) is 0.500. The van der Waals surface area contributed by atoms with Gasteiger partial charge in [0.1, 0.15) is 5.82 Å². The molecule has 7 nitrogen and oxygen atoms in total. The Morgan fingerprint density at radius 3 is 2.52 bits per heavy atom. The first kappa shape index (κ1) is 23.1. The molecule has 1 aromatic heterocycles. The second-order valence-electron chi connectivity index (χ2n) is 9.33. The molecule has 2 fully saturated rings. The molecule has 1 aliphatic heterocycles. The van der Waals surface area contributed by atoms with Crippen LogP contribution in [0.1, 0.15) is 56.1 Å². The lowest BCUT2D eigenvalue weighted by molar-refractivity contribution is -0.126. The van der Waals surface area contributed by atoms with E-state index in [1.807, 2.05) is 43.3 Å². The lowest BCUT2D eigenvalue weighted by Crippen LogP contribution is -2.46. The van der Waals surface area contributed by atoms with Crippen LogP contribution < -0.4 is 20.9 Å². The summed E-state index contributed by atoms with van der Waals surface area (Å²) in [5, 5.41) is 8.97. The molecule has 176 valence electrons. The summed E-state index contributed by atoms with van der Waals surface area (Å²) < 4.78 is 0. The van der Waals surface area contributed by atoms with E-state index in [1.54, 1.807) is 6.20 Å². The number of aryl methyl sites for hydroxylation is 1. The van der Waals surface area contributed by atoms with E-state index in [1.165, 1.54) is 24.8 Å². The first-order chi connectivity index (χ1) is 16.1. The Balaban J connectivity index is 1.25. The molecular formula is C26H35N5O2. The van der Waals surface area contributed by atoms with Gasteiger partial charge in [-0.25, -0.2) is 9.78 Å². The third-order valence-corrected chi connectivity index (χ3v) is 6.65. The molecule has 1 aromatic carbocycles. The SMILES string of the molecule is Cc1ccc(CNC(=O)Nc2ccc(N3CCC[C@H](C(=O)NC4CCCCC4)C3)nc2)cc1. The van der Waals surface area contributed by atoms with Crippen LogP contribution in [-0.4, -0.2) is 36.1 Å². The molecule has 0 radical (unpaired) electrons. The van der Waals surface area contributed by atoms with Gasteiger partial charge in [-0.3, -0.25) is 4.79 Å². The molecule has 33 heavy (non-hydrogen) atoms. The van der Waals surface area contributed by atoms with Gasteiger partial charge >= 0.3 is 6.03 Å². The number of pyridine rings is 1. The van der Waals surface area contributed by atoms with Crippen LogP contribution in [0.2, 0.25) is 0 Å². The van der Waals surface area contributed by atoms with Crippen molar-refractivity contribution < 1.29 is 9.59 Å². The number of carbonyl (C=O) groups is 2. The van der Waals surface area contributed by atoms with Crippen molar-refractivity contribution in [2.24, 2.45) is 5.92 Å². The van der Waals surface area contributed by atoms with E-state index in [4.69, 9.17) is 0 Å². The van der Waals surface area contributed by atoms with Crippen LogP contribution in [-0.2, 0) is 11.3 Å². The van der Waals surface area contributed by atoms with Crippen LogP contribution in [0.15, 0.2) is 42.6 Å². The minimum Gasteiger partial charge on any atom is -0.356 e. The summed E-state index contributed by atoms with van der Waals surface area (Å²) in [6.45, 7) is 4.09. The highest BCUT2D eigenvalue weighted by Gasteiger charge is 2.28. The van der Waals surface area contributed by atoms with Gasteiger partial charge in [0, 0.05) is 25.7 Å². The van der Waals surface area contributed by atoms with Gasteiger partial charge in [-0.15, -0.1) is 0 Å². The number of nitrogens with one attached hydrogen (secondary N) is 3. The van der Waals surface area contributed by atoms with Gasteiger partial charge in [-0.05, 0) is 50.3 Å². The van der Waals surface area contributed by atoms with Crippen LogP contribution in [0, 0.1) is 12.8 Å². The Morgan fingerprint density at radius 2 is 1.79 bits per heavy atom. The van der Waals surface area contributed by atoms with Crippen LogP contribution in [0.5, 0.6) is 0 Å². The van der Waals surface area contributed by atoms with E-state index in [0.29, 0.717) is 24.8 Å². The van der Waals surface area contributed by atoms with Crippen molar-refractivity contribution in [3.05, 3.63) is 53.7 Å². The summed E-state index contributed by atoms with van der Waals surface area (Å²) in [7, 11) is 0. The molecule has 0 unspecified atom stereocenters. The lowest BCUT2D eigenvalue weighted by Gasteiger charge is -2.34. The monoisotopic (exact) mass is 449 g/mol. The Labute approximate surface area is 196 Å². The summed E-state index contributed by atoms with van der Waals surface area (Å²) in [6.07, 6.45) is 9.52. The van der Waals surface area contributed by atoms with Crippen molar-refractivity contribution in [3.63, 3.8) is 0 Å². The largest absolute Gasteiger partial charge is 0.356 e. The van der Waals surface area contributed by atoms with Crippen molar-refractivity contribution in [2.75, 3.05) is 23.3 Å². The van der Waals surface area contributed by atoms with Gasteiger partial charge in [0.25, 0.3) is 0 Å². The maximum absolute atomic E-state index is 12.8. The quantitative estimate of drug-likeness (QED) is 0.611. The minimum absolute atomic E-state index is 0.00725. The number of carbonyl (C=O) groups excluding carboxylic acids is 2.